The molecule has 0 fully saturated rings. The average Bonchev–Trinajstić information content (AvgIpc) is 2.40. The number of nitrogens with one attached hydrogen (secondary N) is 1. The molecule has 0 radical (unpaired) electrons. The zero-order valence-electron chi connectivity index (χ0n) is 13.3. The van der Waals surface area contributed by atoms with Crippen molar-refractivity contribution in [1.29, 1.82) is 0 Å². The second kappa shape index (κ2) is 6.28. The Morgan fingerprint density at radius 2 is 1.85 bits per heavy atom. The summed E-state index contributed by atoms with van der Waals surface area (Å²) < 4.78 is 0. The van der Waals surface area contributed by atoms with Crippen molar-refractivity contribution in [3.8, 4) is 0 Å². The number of aliphatic hydroxyl groups is 1. The van der Waals surface area contributed by atoms with Gasteiger partial charge >= 0.3 is 0 Å². The summed E-state index contributed by atoms with van der Waals surface area (Å²) >= 11 is 0. The fourth-order valence-electron chi connectivity index (χ4n) is 3.32. The van der Waals surface area contributed by atoms with Crippen LogP contribution in [0.1, 0.15) is 70.0 Å². The molecule has 2 N–H and O–H groups in total. The monoisotopic (exact) mass is 275 g/mol. The van der Waals surface area contributed by atoms with Crippen LogP contribution in [0.15, 0.2) is 24.3 Å². The normalized spacial score (nSPS) is 24.2. The van der Waals surface area contributed by atoms with Crippen molar-refractivity contribution in [2.24, 2.45) is 5.41 Å². The second-order valence-electron chi connectivity index (χ2n) is 7.26. The summed E-state index contributed by atoms with van der Waals surface area (Å²) in [5.41, 5.74) is 3.12. The molecule has 1 aliphatic rings. The van der Waals surface area contributed by atoms with Crippen molar-refractivity contribution in [1.82, 2.24) is 5.32 Å². The number of hydrogen-bond donors (Lipinski definition) is 2. The summed E-state index contributed by atoms with van der Waals surface area (Å²) in [4.78, 5) is 0. The van der Waals surface area contributed by atoms with E-state index in [-0.39, 0.29) is 12.0 Å². The Bertz CT molecular complexity index is 435. The van der Waals surface area contributed by atoms with Gasteiger partial charge in [0.25, 0.3) is 0 Å². The van der Waals surface area contributed by atoms with Gasteiger partial charge in [-0.25, -0.2) is 0 Å². The number of benzene rings is 1. The van der Waals surface area contributed by atoms with Crippen LogP contribution in [0.2, 0.25) is 0 Å². The molecule has 2 heteroatoms. The molecule has 1 aliphatic carbocycles. The van der Waals surface area contributed by atoms with Crippen molar-refractivity contribution in [3.05, 3.63) is 35.4 Å². The van der Waals surface area contributed by atoms with Gasteiger partial charge in [0.1, 0.15) is 0 Å². The van der Waals surface area contributed by atoms with E-state index in [2.05, 4.69) is 57.3 Å². The van der Waals surface area contributed by atoms with E-state index in [1.165, 1.54) is 24.0 Å². The van der Waals surface area contributed by atoms with Crippen LogP contribution in [-0.2, 0) is 0 Å². The summed E-state index contributed by atoms with van der Waals surface area (Å²) in [7, 11) is 0. The van der Waals surface area contributed by atoms with Crippen LogP contribution < -0.4 is 5.32 Å². The molecule has 0 saturated heterocycles. The third-order valence-corrected chi connectivity index (χ3v) is 4.66. The number of hydrogen-bond acceptors (Lipinski definition) is 2. The highest BCUT2D eigenvalue weighted by atomic mass is 16.3. The lowest BCUT2D eigenvalue weighted by atomic mass is 9.79. The molecule has 2 rings (SSSR count). The molecule has 0 bridgehead atoms. The molecule has 0 aromatic heterocycles. The highest BCUT2D eigenvalue weighted by molar-refractivity contribution is 5.35. The lowest BCUT2D eigenvalue weighted by Gasteiger charge is -2.38. The van der Waals surface area contributed by atoms with Crippen LogP contribution in [0.5, 0.6) is 0 Å². The first-order valence-corrected chi connectivity index (χ1v) is 7.89. The average molecular weight is 275 g/mol. The maximum Gasteiger partial charge on any atom is 0.0446 e. The molecule has 2 nitrogen and oxygen atoms in total. The molecule has 1 aromatic carbocycles. The molecular formula is C18H29NO. The van der Waals surface area contributed by atoms with Gasteiger partial charge in [-0.3, -0.25) is 0 Å². The predicted octanol–water partition coefficient (Wildman–Crippen LogP) is 4.01. The highest BCUT2D eigenvalue weighted by Gasteiger charge is 2.30. The Morgan fingerprint density at radius 3 is 2.45 bits per heavy atom. The van der Waals surface area contributed by atoms with E-state index in [1.807, 2.05) is 0 Å². The highest BCUT2D eigenvalue weighted by Crippen LogP contribution is 2.38. The van der Waals surface area contributed by atoms with Crippen LogP contribution in [0.25, 0.3) is 0 Å². The first kappa shape index (κ1) is 15.5. The third kappa shape index (κ3) is 3.42. The number of fused-ring (bicyclic) bond motifs is 1. The summed E-state index contributed by atoms with van der Waals surface area (Å²) in [6, 6.07) is 9.60. The van der Waals surface area contributed by atoms with E-state index >= 15 is 0 Å². The van der Waals surface area contributed by atoms with E-state index in [1.54, 1.807) is 0 Å². The van der Waals surface area contributed by atoms with Crippen molar-refractivity contribution < 1.29 is 5.11 Å². The van der Waals surface area contributed by atoms with E-state index in [0.29, 0.717) is 18.0 Å². The number of aliphatic hydroxyl groups excluding tert-OH is 1. The van der Waals surface area contributed by atoms with E-state index in [0.717, 1.165) is 6.42 Å². The van der Waals surface area contributed by atoms with Gasteiger partial charge in [0.15, 0.2) is 0 Å². The van der Waals surface area contributed by atoms with Gasteiger partial charge < -0.3 is 10.4 Å². The largest absolute Gasteiger partial charge is 0.396 e. The van der Waals surface area contributed by atoms with Gasteiger partial charge in [-0.05, 0) is 41.7 Å². The zero-order valence-corrected chi connectivity index (χ0v) is 13.3. The van der Waals surface area contributed by atoms with Crippen molar-refractivity contribution in [3.63, 3.8) is 0 Å². The number of rotatable bonds is 4. The minimum absolute atomic E-state index is 0.167. The molecule has 3 unspecified atom stereocenters. The molecule has 0 saturated carbocycles. The summed E-state index contributed by atoms with van der Waals surface area (Å²) in [5.74, 6) is 0.662. The summed E-state index contributed by atoms with van der Waals surface area (Å²) in [6.45, 7) is 9.32. The summed E-state index contributed by atoms with van der Waals surface area (Å²) in [5, 5.41) is 13.1. The van der Waals surface area contributed by atoms with Gasteiger partial charge in [0.05, 0.1) is 0 Å². The maximum atomic E-state index is 9.33. The van der Waals surface area contributed by atoms with Gasteiger partial charge in [-0.15, -0.1) is 0 Å². The van der Waals surface area contributed by atoms with Crippen LogP contribution >= 0.6 is 0 Å². The molecule has 1 aromatic rings. The molecule has 20 heavy (non-hydrogen) atoms. The van der Waals surface area contributed by atoms with Crippen LogP contribution in [0.4, 0.5) is 0 Å². The van der Waals surface area contributed by atoms with Crippen LogP contribution in [0.3, 0.4) is 0 Å². The minimum Gasteiger partial charge on any atom is -0.396 e. The Labute approximate surface area is 123 Å². The van der Waals surface area contributed by atoms with E-state index in [4.69, 9.17) is 0 Å². The molecule has 112 valence electrons. The molecule has 0 aliphatic heterocycles. The maximum absolute atomic E-state index is 9.33. The first-order chi connectivity index (χ1) is 9.43. The molecule has 3 atom stereocenters. The molecular weight excluding hydrogens is 246 g/mol. The fourth-order valence-corrected chi connectivity index (χ4v) is 3.32. The Morgan fingerprint density at radius 1 is 1.20 bits per heavy atom. The quantitative estimate of drug-likeness (QED) is 0.870. The van der Waals surface area contributed by atoms with E-state index < -0.39 is 0 Å². The standard InChI is InChI=1S/C18H29NO/c1-13-9-10-16(15-8-6-5-7-14(13)15)19-17(11-12-20)18(2,3)4/h5-8,13,16-17,19-20H,9-12H2,1-4H3. The Hall–Kier alpha value is -0.860. The SMILES string of the molecule is CC1CCC(NC(CCO)C(C)(C)C)c2ccccc21. The van der Waals surface area contributed by atoms with Gasteiger partial charge in [0, 0.05) is 18.7 Å². The zero-order chi connectivity index (χ0) is 14.8. The van der Waals surface area contributed by atoms with Gasteiger partial charge in [-0.2, -0.15) is 0 Å². The topological polar surface area (TPSA) is 32.3 Å². The lowest BCUT2D eigenvalue weighted by Crippen LogP contribution is -2.43. The first-order valence-electron chi connectivity index (χ1n) is 7.89. The third-order valence-electron chi connectivity index (χ3n) is 4.66. The van der Waals surface area contributed by atoms with Crippen molar-refractivity contribution in [2.45, 2.75) is 65.0 Å². The van der Waals surface area contributed by atoms with Gasteiger partial charge in [-0.1, -0.05) is 52.0 Å². The minimum atomic E-state index is 0.167. The lowest BCUT2D eigenvalue weighted by molar-refractivity contribution is 0.180. The Kier molecular flexibility index (Phi) is 4.87. The predicted molar refractivity (Wildman–Crippen MR) is 84.9 cm³/mol. The van der Waals surface area contributed by atoms with Crippen molar-refractivity contribution in [2.75, 3.05) is 6.61 Å². The molecule has 0 heterocycles. The van der Waals surface area contributed by atoms with Crippen molar-refractivity contribution >= 4 is 0 Å². The summed E-state index contributed by atoms with van der Waals surface area (Å²) in [6.07, 6.45) is 3.25. The van der Waals surface area contributed by atoms with Gasteiger partial charge in [0.2, 0.25) is 0 Å². The smallest absolute Gasteiger partial charge is 0.0446 e. The van der Waals surface area contributed by atoms with Crippen LogP contribution in [0, 0.1) is 5.41 Å². The molecule has 0 amide bonds. The Balaban J connectivity index is 2.19. The van der Waals surface area contributed by atoms with Crippen LogP contribution in [-0.4, -0.2) is 17.8 Å². The fraction of sp³-hybridized carbons (Fsp3) is 0.667. The van der Waals surface area contributed by atoms with E-state index in [9.17, 15) is 5.11 Å². The molecule has 0 spiro atoms. The second-order valence-corrected chi connectivity index (χ2v) is 7.26.